The topological polar surface area (TPSA) is 59.2 Å². The van der Waals surface area contributed by atoms with Gasteiger partial charge in [0, 0.05) is 31.0 Å². The first kappa shape index (κ1) is 18.6. The Morgan fingerprint density at radius 2 is 1.96 bits per heavy atom. The highest BCUT2D eigenvalue weighted by atomic mass is 16.5. The van der Waals surface area contributed by atoms with Crippen molar-refractivity contribution in [2.75, 3.05) is 6.54 Å². The number of hydrogen-bond donors (Lipinski definition) is 0. The van der Waals surface area contributed by atoms with Gasteiger partial charge in [0.2, 0.25) is 17.6 Å². The summed E-state index contributed by atoms with van der Waals surface area (Å²) >= 11 is 0. The number of likely N-dealkylation sites (tertiary alicyclic amines) is 1. The van der Waals surface area contributed by atoms with Crippen LogP contribution < -0.4 is 0 Å². The summed E-state index contributed by atoms with van der Waals surface area (Å²) in [5.41, 5.74) is 2.32. The Kier molecular flexibility index (Phi) is 5.44. The molecule has 140 valence electrons. The number of nitrogens with zero attached hydrogens (tertiary/aromatic N) is 3. The van der Waals surface area contributed by atoms with Gasteiger partial charge in [0.05, 0.1) is 0 Å². The molecular formula is C21H29N3O2. The van der Waals surface area contributed by atoms with Crippen LogP contribution in [0.4, 0.5) is 0 Å². The molecule has 0 aliphatic carbocycles. The van der Waals surface area contributed by atoms with E-state index < -0.39 is 0 Å². The van der Waals surface area contributed by atoms with Crippen LogP contribution in [0.25, 0.3) is 11.4 Å². The summed E-state index contributed by atoms with van der Waals surface area (Å²) in [6.07, 6.45) is 4.34. The zero-order chi connectivity index (χ0) is 18.7. The van der Waals surface area contributed by atoms with Crippen molar-refractivity contribution in [1.82, 2.24) is 15.0 Å². The fourth-order valence-corrected chi connectivity index (χ4v) is 3.42. The van der Waals surface area contributed by atoms with E-state index in [1.807, 2.05) is 17.0 Å². The highest BCUT2D eigenvalue weighted by molar-refractivity contribution is 5.76. The van der Waals surface area contributed by atoms with Crippen LogP contribution in [-0.2, 0) is 16.6 Å². The fraction of sp³-hybridized carbons (Fsp3) is 0.571. The molecule has 0 spiro atoms. The van der Waals surface area contributed by atoms with Crippen molar-refractivity contribution in [2.45, 2.75) is 71.3 Å². The van der Waals surface area contributed by atoms with Crippen LogP contribution in [0.3, 0.4) is 0 Å². The predicted octanol–water partition coefficient (Wildman–Crippen LogP) is 4.37. The summed E-state index contributed by atoms with van der Waals surface area (Å²) in [6, 6.07) is 8.60. The molecule has 0 bridgehead atoms. The number of carbonyl (C=O) groups is 1. The highest BCUT2D eigenvalue weighted by Gasteiger charge is 2.23. The molecule has 3 rings (SSSR count). The molecule has 1 aliphatic rings. The van der Waals surface area contributed by atoms with E-state index in [2.05, 4.69) is 50.0 Å². The number of benzene rings is 1. The Morgan fingerprint density at radius 3 is 2.62 bits per heavy atom. The first-order chi connectivity index (χ1) is 12.3. The number of amides is 1. The largest absolute Gasteiger partial charge is 0.340 e. The average molecular weight is 355 g/mol. The molecule has 0 radical (unpaired) electrons. The summed E-state index contributed by atoms with van der Waals surface area (Å²) in [6.45, 7) is 9.57. The molecular weight excluding hydrogens is 326 g/mol. The van der Waals surface area contributed by atoms with Crippen molar-refractivity contribution in [3.8, 4) is 11.4 Å². The van der Waals surface area contributed by atoms with Gasteiger partial charge in [0.15, 0.2) is 0 Å². The van der Waals surface area contributed by atoms with Gasteiger partial charge in [-0.3, -0.25) is 4.79 Å². The maximum absolute atomic E-state index is 12.4. The van der Waals surface area contributed by atoms with E-state index in [-0.39, 0.29) is 11.3 Å². The van der Waals surface area contributed by atoms with Crippen LogP contribution in [0.2, 0.25) is 0 Å². The Balaban J connectivity index is 1.60. The number of carbonyl (C=O) groups excluding carboxylic acids is 1. The van der Waals surface area contributed by atoms with E-state index in [1.54, 1.807) is 0 Å². The molecule has 5 nitrogen and oxygen atoms in total. The monoisotopic (exact) mass is 355 g/mol. The van der Waals surface area contributed by atoms with Crippen LogP contribution in [-0.4, -0.2) is 33.5 Å². The molecule has 1 unspecified atom stereocenters. The maximum atomic E-state index is 12.4. The lowest BCUT2D eigenvalue weighted by Crippen LogP contribution is -2.42. The second kappa shape index (κ2) is 7.60. The van der Waals surface area contributed by atoms with E-state index in [9.17, 15) is 4.79 Å². The molecule has 26 heavy (non-hydrogen) atoms. The smallest absolute Gasteiger partial charge is 0.227 e. The first-order valence-electron chi connectivity index (χ1n) is 9.57. The van der Waals surface area contributed by atoms with Crippen LogP contribution >= 0.6 is 0 Å². The number of piperidine rings is 1. The van der Waals surface area contributed by atoms with Gasteiger partial charge in [-0.2, -0.15) is 4.98 Å². The summed E-state index contributed by atoms with van der Waals surface area (Å²) in [5.74, 6) is 1.30. The van der Waals surface area contributed by atoms with Gasteiger partial charge < -0.3 is 9.42 Å². The zero-order valence-corrected chi connectivity index (χ0v) is 16.3. The summed E-state index contributed by atoms with van der Waals surface area (Å²) in [5, 5.41) is 4.07. The molecule has 2 aromatic rings. The lowest BCUT2D eigenvalue weighted by molar-refractivity contribution is -0.134. The number of aryl methyl sites for hydroxylation is 1. The summed E-state index contributed by atoms with van der Waals surface area (Å²) < 4.78 is 5.35. The van der Waals surface area contributed by atoms with Gasteiger partial charge in [-0.15, -0.1) is 0 Å². The third-order valence-corrected chi connectivity index (χ3v) is 5.15. The Labute approximate surface area is 155 Å². The maximum Gasteiger partial charge on any atom is 0.227 e. The zero-order valence-electron chi connectivity index (χ0n) is 16.3. The molecule has 0 N–H and O–H groups in total. The fourth-order valence-electron chi connectivity index (χ4n) is 3.42. The molecule has 1 amide bonds. The molecule has 1 atom stereocenters. The van der Waals surface area contributed by atoms with Crippen LogP contribution in [0, 0.1) is 0 Å². The van der Waals surface area contributed by atoms with Crippen molar-refractivity contribution in [2.24, 2.45) is 0 Å². The van der Waals surface area contributed by atoms with Crippen molar-refractivity contribution in [1.29, 1.82) is 0 Å². The lowest BCUT2D eigenvalue weighted by atomic mass is 9.87. The molecule has 1 fully saturated rings. The Hall–Kier alpha value is -2.17. The SMILES string of the molecule is CC1CCCCN1C(=O)CCc1nc(-c2ccc(C(C)(C)C)cc2)no1. The van der Waals surface area contributed by atoms with Crippen LogP contribution in [0.15, 0.2) is 28.8 Å². The van der Waals surface area contributed by atoms with Gasteiger partial charge in [0.25, 0.3) is 0 Å². The molecule has 1 saturated heterocycles. The van der Waals surface area contributed by atoms with E-state index >= 15 is 0 Å². The van der Waals surface area contributed by atoms with Gasteiger partial charge in [0.1, 0.15) is 0 Å². The minimum atomic E-state index is 0.118. The second-order valence-corrected chi connectivity index (χ2v) is 8.27. The summed E-state index contributed by atoms with van der Waals surface area (Å²) in [7, 11) is 0. The number of hydrogen-bond acceptors (Lipinski definition) is 4. The standard InChI is InChI=1S/C21H29N3O2/c1-15-7-5-6-14-24(15)19(25)13-12-18-22-20(23-26-18)16-8-10-17(11-9-16)21(2,3)4/h8-11,15H,5-7,12-14H2,1-4H3. The minimum absolute atomic E-state index is 0.118. The molecule has 2 heterocycles. The Bertz CT molecular complexity index is 743. The molecule has 5 heteroatoms. The third-order valence-electron chi connectivity index (χ3n) is 5.15. The van der Waals surface area contributed by atoms with E-state index in [1.165, 1.54) is 12.0 Å². The van der Waals surface area contributed by atoms with Crippen molar-refractivity contribution in [3.05, 3.63) is 35.7 Å². The Morgan fingerprint density at radius 1 is 1.23 bits per heavy atom. The lowest BCUT2D eigenvalue weighted by Gasteiger charge is -2.33. The molecule has 1 aromatic heterocycles. The third kappa shape index (κ3) is 4.32. The van der Waals surface area contributed by atoms with Crippen molar-refractivity contribution < 1.29 is 9.32 Å². The predicted molar refractivity (Wildman–Crippen MR) is 102 cm³/mol. The first-order valence-corrected chi connectivity index (χ1v) is 9.57. The minimum Gasteiger partial charge on any atom is -0.340 e. The molecule has 1 aromatic carbocycles. The van der Waals surface area contributed by atoms with E-state index in [0.29, 0.717) is 30.6 Å². The molecule has 0 saturated carbocycles. The number of rotatable bonds is 4. The number of aromatic nitrogens is 2. The summed E-state index contributed by atoms with van der Waals surface area (Å²) in [4.78, 5) is 18.9. The van der Waals surface area contributed by atoms with Gasteiger partial charge in [-0.1, -0.05) is 50.2 Å². The van der Waals surface area contributed by atoms with Crippen molar-refractivity contribution in [3.63, 3.8) is 0 Å². The normalized spacial score (nSPS) is 18.2. The van der Waals surface area contributed by atoms with E-state index in [4.69, 9.17) is 4.52 Å². The average Bonchev–Trinajstić information content (AvgIpc) is 3.08. The van der Waals surface area contributed by atoms with E-state index in [0.717, 1.165) is 24.9 Å². The van der Waals surface area contributed by atoms with Crippen molar-refractivity contribution >= 4 is 5.91 Å². The van der Waals surface area contributed by atoms with Gasteiger partial charge >= 0.3 is 0 Å². The van der Waals surface area contributed by atoms with Crippen LogP contribution in [0.5, 0.6) is 0 Å². The quantitative estimate of drug-likeness (QED) is 0.817. The van der Waals surface area contributed by atoms with Gasteiger partial charge in [-0.25, -0.2) is 0 Å². The van der Waals surface area contributed by atoms with Crippen LogP contribution in [0.1, 0.15) is 64.8 Å². The van der Waals surface area contributed by atoms with Gasteiger partial charge in [-0.05, 0) is 37.2 Å². The second-order valence-electron chi connectivity index (χ2n) is 8.27. The molecule has 1 aliphatic heterocycles. The highest BCUT2D eigenvalue weighted by Crippen LogP contribution is 2.25.